The topological polar surface area (TPSA) is 280 Å². The molecule has 0 spiro atoms. The van der Waals surface area contributed by atoms with E-state index in [2.05, 4.69) is 31.2 Å². The van der Waals surface area contributed by atoms with E-state index in [1.165, 1.54) is 18.6 Å². The fourth-order valence-corrected chi connectivity index (χ4v) is 9.25. The molecule has 0 bridgehead atoms. The van der Waals surface area contributed by atoms with Crippen molar-refractivity contribution in [1.82, 2.24) is 14.7 Å². The molecule has 2 unspecified atom stereocenters. The molecular formula is C58H70BiN3O17. The Balaban J connectivity index is 1.38. The summed E-state index contributed by atoms with van der Waals surface area (Å²) in [6, 6.07) is 32.8. The number of hydrogen-bond donors (Lipinski definition) is 6. The monoisotopic (exact) mass is 1290 g/mol. The smallest absolute Gasteiger partial charge is 0.483 e. The minimum absolute atomic E-state index is 0.0180. The van der Waals surface area contributed by atoms with Gasteiger partial charge in [-0.2, -0.15) is 0 Å². The number of carboxylic acid groups (broad SMARTS) is 6. The van der Waals surface area contributed by atoms with Crippen LogP contribution in [0.5, 0.6) is 28.7 Å². The van der Waals surface area contributed by atoms with E-state index in [4.69, 9.17) is 23.7 Å². The molecule has 0 heterocycles. The number of unbranched alkanes of at least 4 members (excludes halogenated alkanes) is 1. The molecule has 2 atom stereocenters. The van der Waals surface area contributed by atoms with Crippen LogP contribution in [0.25, 0.3) is 0 Å². The van der Waals surface area contributed by atoms with E-state index >= 15 is 0 Å². The molecule has 0 saturated heterocycles. The normalized spacial score (nSPS) is 12.0. The number of rotatable bonds is 38. The number of carbonyl (C=O) groups is 6. The molecule has 5 aromatic rings. The molecule has 0 aliphatic heterocycles. The number of aryl methyl sites for hydroxylation is 2. The third kappa shape index (κ3) is 23.3. The van der Waals surface area contributed by atoms with Gasteiger partial charge >= 0.3 is 168 Å². The number of nitrogens with zero attached hydrogens (tertiary/aromatic N) is 3. The number of aliphatic carboxylic acids is 6. The van der Waals surface area contributed by atoms with E-state index in [-0.39, 0.29) is 58.0 Å². The fraction of sp³-hybridized carbons (Fsp3) is 0.379. The summed E-state index contributed by atoms with van der Waals surface area (Å²) in [5.74, 6) is -5.29. The van der Waals surface area contributed by atoms with Gasteiger partial charge in [0.1, 0.15) is 30.5 Å². The SMILES string of the molecule is CCCCc1ccc(COc2ccc(OCC(COc3ccc(OCc4cc[c]([BiH2])cc4)cc3CC(=O)O)Oc3ccc(CC(CN(CCN(CC(=O)O)CC(=O)O)CC(=O)O)N(CC(=O)O)CC(=O)O)cc3)c(CC)c2)cc1. The van der Waals surface area contributed by atoms with E-state index in [1.54, 1.807) is 42.5 Å². The van der Waals surface area contributed by atoms with E-state index in [9.17, 15) is 59.4 Å². The maximum absolute atomic E-state index is 12.1. The van der Waals surface area contributed by atoms with Gasteiger partial charge in [0, 0.05) is 25.7 Å². The van der Waals surface area contributed by atoms with Gasteiger partial charge in [-0.15, -0.1) is 0 Å². The zero-order valence-corrected chi connectivity index (χ0v) is 48.9. The van der Waals surface area contributed by atoms with Crippen LogP contribution in [0.1, 0.15) is 60.1 Å². The second kappa shape index (κ2) is 32.6. The molecule has 21 heteroatoms. The molecule has 6 N–H and O–H groups in total. The van der Waals surface area contributed by atoms with E-state index in [0.29, 0.717) is 71.9 Å². The molecule has 0 aromatic heterocycles. The first-order valence-electron chi connectivity index (χ1n) is 25.8. The first-order chi connectivity index (χ1) is 37.8. The summed E-state index contributed by atoms with van der Waals surface area (Å²) in [5, 5.41) is 58.0. The first kappa shape index (κ1) is 62.5. The molecule has 0 fully saturated rings. The van der Waals surface area contributed by atoms with Crippen molar-refractivity contribution in [2.24, 2.45) is 0 Å². The summed E-state index contributed by atoms with van der Waals surface area (Å²) in [4.78, 5) is 74.8. The Hall–Kier alpha value is -7.32. The average Bonchev–Trinajstić information content (AvgIpc) is 3.41. The number of ether oxygens (including phenoxy) is 5. The summed E-state index contributed by atoms with van der Waals surface area (Å²) in [7, 11) is 0. The van der Waals surface area contributed by atoms with Gasteiger partial charge in [0.25, 0.3) is 0 Å². The Morgan fingerprint density at radius 1 is 0.506 bits per heavy atom. The van der Waals surface area contributed by atoms with Crippen molar-refractivity contribution in [1.29, 1.82) is 0 Å². The van der Waals surface area contributed by atoms with Crippen LogP contribution in [0.4, 0.5) is 0 Å². The van der Waals surface area contributed by atoms with Gasteiger partial charge < -0.3 is 39.7 Å². The Morgan fingerprint density at radius 3 is 1.47 bits per heavy atom. The van der Waals surface area contributed by atoms with Gasteiger partial charge in [-0.05, 0) is 78.3 Å². The van der Waals surface area contributed by atoms with Crippen molar-refractivity contribution >= 4 is 63.8 Å². The first-order valence-corrected chi connectivity index (χ1v) is 28.0. The Morgan fingerprint density at radius 2 is 0.962 bits per heavy atom. The van der Waals surface area contributed by atoms with Crippen molar-refractivity contribution in [3.8, 4) is 28.7 Å². The quantitative estimate of drug-likeness (QED) is 0.0290. The summed E-state index contributed by atoms with van der Waals surface area (Å²) < 4.78 is 32.7. The third-order valence-electron chi connectivity index (χ3n) is 12.4. The molecule has 0 aliphatic carbocycles. The van der Waals surface area contributed by atoms with Crippen LogP contribution in [-0.4, -0.2) is 184 Å². The standard InChI is InChI=1S/C58H68N3O17.Bi.2H/c1-3-5-9-40-12-14-43(15-13-40)37-75-48-20-22-51(44(4-2)27-48)76-38-50(39-77-52-23-21-49(28-45(52)29-53(62)63)74-36-42-10-7-6-8-11-42)78-47-18-16-41(17-19-47)26-46(61(34-57(70)71)35-58(72)73)30-59(31-54(64)65)24-25-60(32-55(66)67)33-56(68)69;;;/h7-8,10-23,27-28,46,50H,3-5,9,24-26,29-39H2,1-2H3,(H,62,63)(H,64,65)(H,66,67)(H,68,69)(H,70,71)(H,72,73);;;. The Kier molecular flexibility index (Phi) is 25.8. The van der Waals surface area contributed by atoms with Crippen LogP contribution in [0, 0.1) is 0 Å². The fourth-order valence-electron chi connectivity index (χ4n) is 8.51. The van der Waals surface area contributed by atoms with Gasteiger partial charge in [0.15, 0.2) is 6.10 Å². The van der Waals surface area contributed by atoms with Crippen LogP contribution in [0.2, 0.25) is 0 Å². The molecule has 0 amide bonds. The van der Waals surface area contributed by atoms with Crippen LogP contribution in [0.15, 0.2) is 109 Å². The van der Waals surface area contributed by atoms with Gasteiger partial charge in [-0.3, -0.25) is 38.7 Å². The zero-order valence-electron chi connectivity index (χ0n) is 44.4. The molecule has 424 valence electrons. The van der Waals surface area contributed by atoms with Crippen LogP contribution in [-0.2, 0) is 67.7 Å². The molecule has 0 saturated carbocycles. The van der Waals surface area contributed by atoms with Crippen molar-refractivity contribution in [2.75, 3.05) is 65.6 Å². The molecule has 79 heavy (non-hydrogen) atoms. The Bertz CT molecular complexity index is 2750. The Labute approximate surface area is 473 Å². The molecule has 0 aliphatic rings. The molecule has 20 nitrogen and oxygen atoms in total. The minimum atomic E-state index is -1.34. The van der Waals surface area contributed by atoms with Crippen molar-refractivity contribution < 1.29 is 83.1 Å². The van der Waals surface area contributed by atoms with Crippen LogP contribution < -0.4 is 27.0 Å². The second-order valence-corrected chi connectivity index (χ2v) is 21.5. The van der Waals surface area contributed by atoms with Gasteiger partial charge in [-0.1, -0.05) is 56.7 Å². The van der Waals surface area contributed by atoms with Gasteiger partial charge in [-0.25, -0.2) is 0 Å². The maximum atomic E-state index is 12.1. The summed E-state index contributed by atoms with van der Waals surface area (Å²) in [5.41, 5.74) is 5.11. The predicted octanol–water partition coefficient (Wildman–Crippen LogP) is 4.78. The van der Waals surface area contributed by atoms with Crippen molar-refractivity contribution in [2.45, 2.75) is 77.7 Å². The van der Waals surface area contributed by atoms with Crippen molar-refractivity contribution in [3.05, 3.63) is 143 Å². The summed E-state index contributed by atoms with van der Waals surface area (Å²) in [6.45, 7) is 0.838. The third-order valence-corrected chi connectivity index (χ3v) is 13.9. The van der Waals surface area contributed by atoms with Crippen molar-refractivity contribution in [3.63, 3.8) is 0 Å². The molecule has 5 rings (SSSR count). The van der Waals surface area contributed by atoms with E-state index in [0.717, 1.165) is 40.9 Å². The molecule has 0 radical (unpaired) electrons. The van der Waals surface area contributed by atoms with E-state index < -0.39 is 80.7 Å². The number of hydrogen-bond acceptors (Lipinski definition) is 14. The van der Waals surface area contributed by atoms with Crippen LogP contribution in [0.3, 0.4) is 0 Å². The zero-order chi connectivity index (χ0) is 57.3. The van der Waals surface area contributed by atoms with Crippen LogP contribution >= 0.6 is 0 Å². The number of benzene rings is 5. The minimum Gasteiger partial charge on any atom is -0.483 e. The summed E-state index contributed by atoms with van der Waals surface area (Å²) in [6.07, 6.45) is 2.75. The summed E-state index contributed by atoms with van der Waals surface area (Å²) >= 11 is 0.706. The van der Waals surface area contributed by atoms with E-state index in [1.807, 2.05) is 49.4 Å². The molecule has 5 aromatic carbocycles. The predicted molar refractivity (Wildman–Crippen MR) is 294 cm³/mol. The average molecular weight is 1290 g/mol. The second-order valence-electron chi connectivity index (χ2n) is 18.9. The van der Waals surface area contributed by atoms with Gasteiger partial charge in [0.05, 0.1) is 32.7 Å². The molecular weight excluding hydrogens is 1220 g/mol. The number of carboxylic acids is 6. The van der Waals surface area contributed by atoms with Gasteiger partial charge in [0.2, 0.25) is 0 Å².